The van der Waals surface area contributed by atoms with Gasteiger partial charge in [0.05, 0.1) is 0 Å². The molecule has 1 aliphatic rings. The predicted octanol–water partition coefficient (Wildman–Crippen LogP) is 6.94. The molecule has 9 heteroatoms. The molecule has 1 amide bonds. The molecule has 1 saturated heterocycles. The van der Waals surface area contributed by atoms with E-state index in [1.807, 2.05) is 37.4 Å². The van der Waals surface area contributed by atoms with Gasteiger partial charge in [-0.3, -0.25) is 4.79 Å². The Morgan fingerprint density at radius 2 is 1.77 bits per heavy atom. The molecule has 1 aromatic heterocycles. The number of hydrogen-bond donors (Lipinski definition) is 1. The summed E-state index contributed by atoms with van der Waals surface area (Å²) in [5.41, 5.74) is 4.80. The van der Waals surface area contributed by atoms with Gasteiger partial charge in [-0.2, -0.15) is 11.3 Å². The number of thiophene rings is 1. The highest BCUT2D eigenvalue weighted by atomic mass is 32.1. The minimum Gasteiger partial charge on any atom is -0.406 e. The summed E-state index contributed by atoms with van der Waals surface area (Å²) < 4.78 is 41.9. The van der Waals surface area contributed by atoms with Crippen molar-refractivity contribution in [3.8, 4) is 5.75 Å². The van der Waals surface area contributed by atoms with Crippen molar-refractivity contribution in [3.63, 3.8) is 0 Å². The first-order valence-electron chi connectivity index (χ1n) is 13.3. The lowest BCUT2D eigenvalue weighted by atomic mass is 9.99. The zero-order valence-corrected chi connectivity index (χ0v) is 23.4. The number of anilines is 1. The third-order valence-electron chi connectivity index (χ3n) is 7.45. The number of piperidine rings is 1. The Labute approximate surface area is 232 Å². The monoisotopic (exact) mass is 559 g/mol. The second-order valence-electron chi connectivity index (χ2n) is 10.2. The van der Waals surface area contributed by atoms with Crippen molar-refractivity contribution < 1.29 is 22.7 Å². The number of alkyl halides is 3. The van der Waals surface area contributed by atoms with Crippen LogP contribution in [0.25, 0.3) is 0 Å². The number of likely N-dealkylation sites (tertiary alicyclic amines) is 1. The molecule has 1 atom stereocenters. The highest BCUT2D eigenvalue weighted by Crippen LogP contribution is 2.30. The van der Waals surface area contributed by atoms with Crippen LogP contribution in [0.15, 0.2) is 59.3 Å². The van der Waals surface area contributed by atoms with Gasteiger partial charge < -0.3 is 19.9 Å². The van der Waals surface area contributed by atoms with E-state index in [0.717, 1.165) is 54.7 Å². The molecule has 4 rings (SSSR count). The number of amides is 1. The van der Waals surface area contributed by atoms with Crippen molar-refractivity contribution in [1.29, 1.82) is 0 Å². The molecule has 0 spiro atoms. The smallest absolute Gasteiger partial charge is 0.406 e. The summed E-state index contributed by atoms with van der Waals surface area (Å²) in [7, 11) is 0. The zero-order valence-electron chi connectivity index (χ0n) is 22.6. The first-order chi connectivity index (χ1) is 18.6. The number of rotatable bonds is 10. The minimum absolute atomic E-state index is 0.0211. The van der Waals surface area contributed by atoms with Crippen LogP contribution in [-0.2, 0) is 6.54 Å². The van der Waals surface area contributed by atoms with Crippen molar-refractivity contribution in [2.75, 3.05) is 24.5 Å². The molecule has 0 saturated carbocycles. The first kappa shape index (κ1) is 29.0. The number of nitrogens with zero attached hydrogens (tertiary/aromatic N) is 2. The summed E-state index contributed by atoms with van der Waals surface area (Å²) in [6.07, 6.45) is -1.95. The quantitative estimate of drug-likeness (QED) is 0.292. The van der Waals surface area contributed by atoms with Crippen LogP contribution >= 0.6 is 11.3 Å². The van der Waals surface area contributed by atoms with Crippen molar-refractivity contribution >= 4 is 22.9 Å². The molecule has 3 aromatic rings. The molecule has 0 radical (unpaired) electrons. The van der Waals surface area contributed by atoms with Crippen LogP contribution in [-0.4, -0.2) is 48.9 Å². The Morgan fingerprint density at radius 1 is 1.10 bits per heavy atom. The summed E-state index contributed by atoms with van der Waals surface area (Å²) in [6.45, 7) is 9.28. The summed E-state index contributed by atoms with van der Waals surface area (Å²) in [5, 5.41) is 7.24. The molecule has 39 heavy (non-hydrogen) atoms. The molecule has 5 nitrogen and oxygen atoms in total. The Kier molecular flexibility index (Phi) is 9.56. The molecule has 1 aliphatic heterocycles. The number of carbonyl (C=O) groups is 1. The van der Waals surface area contributed by atoms with Gasteiger partial charge in [-0.1, -0.05) is 18.2 Å². The summed E-state index contributed by atoms with van der Waals surface area (Å²) >= 11 is 1.64. The molecule has 1 fully saturated rings. The van der Waals surface area contributed by atoms with E-state index in [-0.39, 0.29) is 17.7 Å². The van der Waals surface area contributed by atoms with E-state index < -0.39 is 6.36 Å². The maximum absolute atomic E-state index is 12.7. The fraction of sp³-hybridized carbons (Fsp3) is 0.433. The van der Waals surface area contributed by atoms with E-state index in [2.05, 4.69) is 38.2 Å². The van der Waals surface area contributed by atoms with E-state index in [9.17, 15) is 18.0 Å². The van der Waals surface area contributed by atoms with E-state index >= 15 is 0 Å². The number of carbonyl (C=O) groups excluding carboxylic acids is 1. The van der Waals surface area contributed by atoms with Gasteiger partial charge in [0, 0.05) is 49.5 Å². The number of aryl methyl sites for hydroxylation is 2. The van der Waals surface area contributed by atoms with Crippen LogP contribution in [0.3, 0.4) is 0 Å². The minimum atomic E-state index is -4.70. The van der Waals surface area contributed by atoms with Crippen LogP contribution in [0, 0.1) is 13.8 Å². The molecule has 210 valence electrons. The summed E-state index contributed by atoms with van der Waals surface area (Å²) in [5.74, 6) is -0.234. The lowest BCUT2D eigenvalue weighted by Gasteiger charge is -2.42. The van der Waals surface area contributed by atoms with Gasteiger partial charge in [0.1, 0.15) is 5.75 Å². The summed E-state index contributed by atoms with van der Waals surface area (Å²) in [4.78, 5) is 17.5. The Hall–Kier alpha value is -3.04. The Bertz CT molecular complexity index is 1190. The molecule has 0 bridgehead atoms. The standard InChI is InChI=1S/C30H36F3N3O2S/c1-21-5-4-6-22(2)28(21)29(37)34-15-11-23(3)35-16-12-26(13-17-35)36(19-24-14-18-39-20-24)25-7-9-27(10-8-25)38-30(31,32)33/h4-10,14,18,20,23,26H,11-13,15-17,19H2,1-3H3,(H,34,37)/t23-/m1/s1. The third-order valence-corrected chi connectivity index (χ3v) is 8.19. The second kappa shape index (κ2) is 12.9. The largest absolute Gasteiger partial charge is 0.573 e. The third kappa shape index (κ3) is 7.99. The molecule has 1 N–H and O–H groups in total. The molecule has 0 unspecified atom stereocenters. The fourth-order valence-electron chi connectivity index (χ4n) is 5.33. The maximum Gasteiger partial charge on any atom is 0.573 e. The van der Waals surface area contributed by atoms with Gasteiger partial charge in [-0.25, -0.2) is 0 Å². The van der Waals surface area contributed by atoms with Crippen molar-refractivity contribution in [3.05, 3.63) is 81.5 Å². The zero-order chi connectivity index (χ0) is 28.0. The highest BCUT2D eigenvalue weighted by Gasteiger charge is 2.31. The van der Waals surface area contributed by atoms with Gasteiger partial charge in [-0.05, 0) is 97.8 Å². The molecule has 0 aliphatic carbocycles. The number of halogens is 3. The molecular weight excluding hydrogens is 523 g/mol. The Balaban J connectivity index is 1.32. The van der Waals surface area contributed by atoms with Gasteiger partial charge in [-0.15, -0.1) is 13.2 Å². The summed E-state index contributed by atoms with van der Waals surface area (Å²) in [6, 6.07) is 14.7. The lowest BCUT2D eigenvalue weighted by Crippen LogP contribution is -2.48. The topological polar surface area (TPSA) is 44.8 Å². The van der Waals surface area contributed by atoms with E-state index in [1.54, 1.807) is 23.5 Å². The number of benzene rings is 2. The van der Waals surface area contributed by atoms with Crippen molar-refractivity contribution in [2.45, 2.75) is 65.0 Å². The molecular formula is C30H36F3N3O2S. The first-order valence-corrected chi connectivity index (χ1v) is 14.3. The maximum atomic E-state index is 12.7. The van der Waals surface area contributed by atoms with Crippen LogP contribution in [0.1, 0.15) is 53.2 Å². The predicted molar refractivity (Wildman–Crippen MR) is 151 cm³/mol. The van der Waals surface area contributed by atoms with Crippen molar-refractivity contribution in [1.82, 2.24) is 10.2 Å². The average Bonchev–Trinajstić information content (AvgIpc) is 3.40. The number of nitrogens with one attached hydrogen (secondary N) is 1. The van der Waals surface area contributed by atoms with E-state index in [0.29, 0.717) is 19.1 Å². The van der Waals surface area contributed by atoms with Gasteiger partial charge in [0.25, 0.3) is 5.91 Å². The van der Waals surface area contributed by atoms with Crippen LogP contribution < -0.4 is 15.0 Å². The Morgan fingerprint density at radius 3 is 2.36 bits per heavy atom. The molecule has 2 aromatic carbocycles. The number of hydrogen-bond acceptors (Lipinski definition) is 5. The highest BCUT2D eigenvalue weighted by molar-refractivity contribution is 7.07. The molecule has 2 heterocycles. The van der Waals surface area contributed by atoms with Crippen LogP contribution in [0.5, 0.6) is 5.75 Å². The van der Waals surface area contributed by atoms with E-state index in [4.69, 9.17) is 0 Å². The normalized spacial score (nSPS) is 15.6. The average molecular weight is 560 g/mol. The fourth-order valence-corrected chi connectivity index (χ4v) is 5.99. The van der Waals surface area contributed by atoms with E-state index in [1.165, 1.54) is 17.7 Å². The van der Waals surface area contributed by atoms with Gasteiger partial charge in [0.2, 0.25) is 0 Å². The van der Waals surface area contributed by atoms with Crippen molar-refractivity contribution in [2.24, 2.45) is 0 Å². The van der Waals surface area contributed by atoms with Crippen LogP contribution in [0.4, 0.5) is 18.9 Å². The number of ether oxygens (including phenoxy) is 1. The van der Waals surface area contributed by atoms with Gasteiger partial charge >= 0.3 is 6.36 Å². The second-order valence-corrected chi connectivity index (χ2v) is 11.0. The van der Waals surface area contributed by atoms with Gasteiger partial charge in [0.15, 0.2) is 0 Å². The lowest BCUT2D eigenvalue weighted by molar-refractivity contribution is -0.274. The van der Waals surface area contributed by atoms with Crippen LogP contribution in [0.2, 0.25) is 0 Å². The SMILES string of the molecule is Cc1cccc(C)c1C(=O)NCC[C@@H](C)N1CCC(N(Cc2ccsc2)c2ccc(OC(F)(F)F)cc2)CC1.